The van der Waals surface area contributed by atoms with E-state index in [0.29, 0.717) is 5.69 Å². The lowest BCUT2D eigenvalue weighted by molar-refractivity contribution is 0.0981. The topological polar surface area (TPSA) is 93.2 Å². The number of aryl methyl sites for hydroxylation is 1. The highest BCUT2D eigenvalue weighted by atomic mass is 32.2. The van der Waals surface area contributed by atoms with Gasteiger partial charge in [0.2, 0.25) is 15.8 Å². The van der Waals surface area contributed by atoms with Crippen LogP contribution in [0.25, 0.3) is 0 Å². The van der Waals surface area contributed by atoms with Gasteiger partial charge in [0.1, 0.15) is 5.69 Å². The van der Waals surface area contributed by atoms with E-state index in [4.69, 9.17) is 0 Å². The van der Waals surface area contributed by atoms with Crippen LogP contribution >= 0.6 is 0 Å². The van der Waals surface area contributed by atoms with Crippen molar-refractivity contribution in [2.24, 2.45) is 0 Å². The highest BCUT2D eigenvalue weighted by molar-refractivity contribution is 7.90. The molecule has 2 aromatic rings. The molecule has 7 heteroatoms. The van der Waals surface area contributed by atoms with Crippen LogP contribution in [0.4, 0.5) is 0 Å². The summed E-state index contributed by atoms with van der Waals surface area (Å²) in [6, 6.07) is 10.9. The van der Waals surface area contributed by atoms with Crippen LogP contribution in [-0.2, 0) is 10.0 Å². The van der Waals surface area contributed by atoms with Crippen molar-refractivity contribution in [3.05, 3.63) is 77.6 Å². The highest BCUT2D eigenvalue weighted by Gasteiger charge is 2.17. The van der Waals surface area contributed by atoms with Crippen LogP contribution in [-0.4, -0.2) is 30.8 Å². The first-order chi connectivity index (χ1) is 11.3. The lowest BCUT2D eigenvalue weighted by atomic mass is 10.0. The minimum absolute atomic E-state index is 0.0705. The molecule has 0 spiro atoms. The first-order valence-corrected chi connectivity index (χ1v) is 8.72. The summed E-state index contributed by atoms with van der Waals surface area (Å²) < 4.78 is 25.1. The second-order valence-corrected chi connectivity index (χ2v) is 6.84. The summed E-state index contributed by atoms with van der Waals surface area (Å²) in [5, 5.41) is 0. The maximum atomic E-state index is 12.4. The molecule has 0 aliphatic carbocycles. The van der Waals surface area contributed by atoms with Crippen LogP contribution in [0, 0.1) is 6.92 Å². The number of carbonyl (C=O) groups is 2. The van der Waals surface area contributed by atoms with Gasteiger partial charge in [-0.15, -0.1) is 6.58 Å². The zero-order valence-corrected chi connectivity index (χ0v) is 13.8. The largest absolute Gasteiger partial charge is 0.287 e. The molecule has 1 heterocycles. The summed E-state index contributed by atoms with van der Waals surface area (Å²) in [6.45, 7) is 5.09. The summed E-state index contributed by atoms with van der Waals surface area (Å²) in [5.74, 6) is -1.52. The molecule has 0 fully saturated rings. The van der Waals surface area contributed by atoms with Crippen molar-refractivity contribution in [3.63, 3.8) is 0 Å². The van der Waals surface area contributed by atoms with Gasteiger partial charge in [-0.3, -0.25) is 9.59 Å². The van der Waals surface area contributed by atoms with Gasteiger partial charge >= 0.3 is 0 Å². The van der Waals surface area contributed by atoms with E-state index in [-0.39, 0.29) is 28.4 Å². The summed E-state index contributed by atoms with van der Waals surface area (Å²) in [7, 11) is -3.78. The van der Waals surface area contributed by atoms with Crippen LogP contribution in [0.5, 0.6) is 0 Å². The number of benzene rings is 1. The highest BCUT2D eigenvalue weighted by Crippen LogP contribution is 2.11. The summed E-state index contributed by atoms with van der Waals surface area (Å²) in [4.78, 5) is 28.6. The lowest BCUT2D eigenvalue weighted by Gasteiger charge is -2.07. The second-order valence-electron chi connectivity index (χ2n) is 5.08. The predicted octanol–water partition coefficient (Wildman–Crippen LogP) is 1.87. The molecule has 1 aromatic heterocycles. The normalized spacial score (nSPS) is 10.9. The maximum Gasteiger partial charge on any atom is 0.264 e. The number of aromatic nitrogens is 1. The van der Waals surface area contributed by atoms with E-state index >= 15 is 0 Å². The molecule has 1 aromatic carbocycles. The Kier molecular flexibility index (Phi) is 5.25. The zero-order chi connectivity index (χ0) is 17.7. The second kappa shape index (κ2) is 7.18. The Morgan fingerprint density at radius 1 is 1.17 bits per heavy atom. The molecule has 1 N–H and O–H groups in total. The summed E-state index contributed by atoms with van der Waals surface area (Å²) in [6.07, 6.45) is 1.18. The van der Waals surface area contributed by atoms with Crippen molar-refractivity contribution < 1.29 is 18.0 Å². The number of rotatable bonds is 6. The molecule has 6 nitrogen and oxygen atoms in total. The van der Waals surface area contributed by atoms with Crippen molar-refractivity contribution in [1.82, 2.24) is 9.71 Å². The molecule has 124 valence electrons. The minimum atomic E-state index is -3.78. The van der Waals surface area contributed by atoms with E-state index < -0.39 is 15.9 Å². The average molecular weight is 344 g/mol. The Balaban J connectivity index is 2.27. The van der Waals surface area contributed by atoms with Gasteiger partial charge in [-0.05, 0) is 31.2 Å². The fourth-order valence-electron chi connectivity index (χ4n) is 2.02. The molecule has 0 atom stereocenters. The van der Waals surface area contributed by atoms with E-state index in [1.165, 1.54) is 24.3 Å². The van der Waals surface area contributed by atoms with Crippen LogP contribution in [0.15, 0.2) is 55.1 Å². The number of sulfonamides is 1. The van der Waals surface area contributed by atoms with Crippen LogP contribution in [0.1, 0.15) is 32.1 Å². The van der Waals surface area contributed by atoms with Gasteiger partial charge in [-0.25, -0.2) is 18.1 Å². The van der Waals surface area contributed by atoms with Crippen LogP contribution in [0.2, 0.25) is 0 Å². The van der Waals surface area contributed by atoms with E-state index in [1.807, 2.05) is 4.72 Å². The van der Waals surface area contributed by atoms with Crippen LogP contribution in [0.3, 0.4) is 0 Å². The average Bonchev–Trinajstić information content (AvgIpc) is 2.53. The lowest BCUT2D eigenvalue weighted by Crippen LogP contribution is -2.32. The molecule has 0 saturated carbocycles. The number of nitrogens with zero attached hydrogens (tertiary/aromatic N) is 1. The SMILES string of the molecule is C=CCS(=O)(=O)NC(=O)c1cccc(C(=O)c2cccc(C)n2)c1. The summed E-state index contributed by atoms with van der Waals surface area (Å²) in [5.41, 5.74) is 1.28. The number of ketones is 1. The van der Waals surface area contributed by atoms with Gasteiger partial charge in [0, 0.05) is 16.8 Å². The number of hydrogen-bond acceptors (Lipinski definition) is 5. The standard InChI is InChI=1S/C17H16N2O4S/c1-3-10-24(22,23)19-17(21)14-8-5-7-13(11-14)16(20)15-9-4-6-12(2)18-15/h3-9,11H,1,10H2,2H3,(H,19,21). The third-order valence-electron chi connectivity index (χ3n) is 3.09. The zero-order valence-electron chi connectivity index (χ0n) is 13.0. The third-order valence-corrected chi connectivity index (χ3v) is 4.26. The maximum absolute atomic E-state index is 12.4. The molecule has 0 aliphatic rings. The minimum Gasteiger partial charge on any atom is -0.287 e. The first kappa shape index (κ1) is 17.6. The molecule has 0 radical (unpaired) electrons. The summed E-state index contributed by atoms with van der Waals surface area (Å²) >= 11 is 0. The van der Waals surface area contributed by atoms with Crippen LogP contribution < -0.4 is 4.72 Å². The van der Waals surface area contributed by atoms with Gasteiger partial charge in [0.15, 0.2) is 0 Å². The van der Waals surface area contributed by atoms with Gasteiger partial charge < -0.3 is 0 Å². The van der Waals surface area contributed by atoms with Crippen molar-refractivity contribution >= 4 is 21.7 Å². The Morgan fingerprint density at radius 2 is 1.83 bits per heavy atom. The molecule has 1 amide bonds. The van der Waals surface area contributed by atoms with E-state index in [9.17, 15) is 18.0 Å². The van der Waals surface area contributed by atoms with Gasteiger partial charge in [0.25, 0.3) is 5.91 Å². The number of hydrogen-bond donors (Lipinski definition) is 1. The molecular weight excluding hydrogens is 328 g/mol. The third kappa shape index (κ3) is 4.36. The molecular formula is C17H16N2O4S. The quantitative estimate of drug-likeness (QED) is 0.638. The Bertz CT molecular complexity index is 904. The molecule has 0 unspecified atom stereocenters. The number of pyridine rings is 1. The smallest absolute Gasteiger partial charge is 0.264 e. The molecule has 0 aliphatic heterocycles. The Morgan fingerprint density at radius 3 is 2.50 bits per heavy atom. The molecule has 0 bridgehead atoms. The number of amides is 1. The van der Waals surface area contributed by atoms with Crippen molar-refractivity contribution in [1.29, 1.82) is 0 Å². The van der Waals surface area contributed by atoms with Gasteiger partial charge in [-0.1, -0.05) is 24.3 Å². The Hall–Kier alpha value is -2.80. The van der Waals surface area contributed by atoms with E-state index in [0.717, 1.165) is 0 Å². The fourth-order valence-corrected chi connectivity index (χ4v) is 2.81. The Labute approximate surface area is 140 Å². The van der Waals surface area contributed by atoms with E-state index in [2.05, 4.69) is 11.6 Å². The molecule has 0 saturated heterocycles. The van der Waals surface area contributed by atoms with Crippen molar-refractivity contribution in [2.45, 2.75) is 6.92 Å². The fraction of sp³-hybridized carbons (Fsp3) is 0.118. The molecule has 2 rings (SSSR count). The first-order valence-electron chi connectivity index (χ1n) is 7.06. The number of carbonyl (C=O) groups excluding carboxylic acids is 2. The van der Waals surface area contributed by atoms with E-state index in [1.54, 1.807) is 31.2 Å². The van der Waals surface area contributed by atoms with Crippen molar-refractivity contribution in [3.8, 4) is 0 Å². The monoisotopic (exact) mass is 344 g/mol. The van der Waals surface area contributed by atoms with Crippen molar-refractivity contribution in [2.75, 3.05) is 5.75 Å². The predicted molar refractivity (Wildman–Crippen MR) is 90.3 cm³/mol. The molecule has 24 heavy (non-hydrogen) atoms. The number of nitrogens with one attached hydrogen (secondary N) is 1. The van der Waals surface area contributed by atoms with Gasteiger partial charge in [-0.2, -0.15) is 0 Å². The van der Waals surface area contributed by atoms with Gasteiger partial charge in [0.05, 0.1) is 5.75 Å².